The summed E-state index contributed by atoms with van der Waals surface area (Å²) in [5.74, 6) is 0. The number of hydrogen-bond acceptors (Lipinski definition) is 3. The van der Waals surface area contributed by atoms with Gasteiger partial charge >= 0.3 is 0 Å². The fourth-order valence-electron chi connectivity index (χ4n) is 1.62. The van der Waals surface area contributed by atoms with Gasteiger partial charge in [0.2, 0.25) is 0 Å². The summed E-state index contributed by atoms with van der Waals surface area (Å²) in [6, 6.07) is 0.640. The molecule has 1 atom stereocenters. The molecule has 1 unspecified atom stereocenters. The van der Waals surface area contributed by atoms with Crippen molar-refractivity contribution in [3.63, 3.8) is 0 Å². The number of rotatable bonds is 4. The normalized spacial score (nSPS) is 18.5. The van der Waals surface area contributed by atoms with E-state index in [2.05, 4.69) is 10.4 Å². The lowest BCUT2D eigenvalue weighted by Gasteiger charge is -2.09. The highest BCUT2D eigenvalue weighted by Gasteiger charge is 2.22. The molecule has 0 bridgehead atoms. The molecule has 0 radical (unpaired) electrons. The summed E-state index contributed by atoms with van der Waals surface area (Å²) < 4.78 is 1.74. The van der Waals surface area contributed by atoms with Crippen LogP contribution in [0.25, 0.3) is 0 Å². The van der Waals surface area contributed by atoms with Gasteiger partial charge in [-0.2, -0.15) is 5.10 Å². The molecular formula is C10H17N3O. The Balaban J connectivity index is 1.94. The van der Waals surface area contributed by atoms with E-state index in [0.29, 0.717) is 12.6 Å². The van der Waals surface area contributed by atoms with Crippen molar-refractivity contribution in [3.05, 3.63) is 17.5 Å². The lowest BCUT2D eigenvalue weighted by molar-refractivity contribution is 0.173. The maximum Gasteiger partial charge on any atom is 0.0947 e. The second kappa shape index (κ2) is 3.71. The third-order valence-electron chi connectivity index (χ3n) is 2.59. The van der Waals surface area contributed by atoms with E-state index in [-0.39, 0.29) is 0 Å². The molecule has 1 aromatic heterocycles. The van der Waals surface area contributed by atoms with Crippen molar-refractivity contribution >= 4 is 0 Å². The Kier molecular flexibility index (Phi) is 2.56. The van der Waals surface area contributed by atoms with E-state index in [1.54, 1.807) is 4.68 Å². The van der Waals surface area contributed by atoms with Gasteiger partial charge in [0.15, 0.2) is 0 Å². The molecule has 1 aromatic rings. The summed E-state index contributed by atoms with van der Waals surface area (Å²) in [7, 11) is 1.87. The maximum atomic E-state index is 9.88. The van der Waals surface area contributed by atoms with E-state index in [4.69, 9.17) is 0 Å². The molecule has 0 saturated heterocycles. The molecule has 0 amide bonds. The van der Waals surface area contributed by atoms with Crippen molar-refractivity contribution in [3.8, 4) is 0 Å². The number of hydrogen-bond donors (Lipinski definition) is 2. The highest BCUT2D eigenvalue weighted by molar-refractivity contribution is 5.18. The van der Waals surface area contributed by atoms with Gasteiger partial charge < -0.3 is 10.4 Å². The molecule has 78 valence electrons. The highest BCUT2D eigenvalue weighted by atomic mass is 16.3. The average molecular weight is 195 g/mol. The lowest BCUT2D eigenvalue weighted by atomic mass is 10.1. The number of aliphatic hydroxyl groups is 1. The lowest BCUT2D eigenvalue weighted by Crippen LogP contribution is -2.23. The Bertz CT molecular complexity index is 317. The summed E-state index contributed by atoms with van der Waals surface area (Å²) in [5, 5.41) is 17.4. The van der Waals surface area contributed by atoms with Crippen LogP contribution in [0.15, 0.2) is 6.20 Å². The molecule has 1 heterocycles. The molecule has 1 fully saturated rings. The SMILES string of the molecule is Cc1nn(C)cc1C(O)CNC1CC1. The molecule has 1 saturated carbocycles. The minimum atomic E-state index is -0.427. The van der Waals surface area contributed by atoms with Crippen molar-refractivity contribution in [2.75, 3.05) is 6.54 Å². The van der Waals surface area contributed by atoms with Gasteiger partial charge in [-0.25, -0.2) is 0 Å². The molecule has 2 N–H and O–H groups in total. The number of aromatic nitrogens is 2. The van der Waals surface area contributed by atoms with Gasteiger partial charge in [-0.15, -0.1) is 0 Å². The van der Waals surface area contributed by atoms with E-state index in [1.165, 1.54) is 12.8 Å². The van der Waals surface area contributed by atoms with E-state index in [0.717, 1.165) is 11.3 Å². The largest absolute Gasteiger partial charge is 0.387 e. The number of nitrogens with zero attached hydrogens (tertiary/aromatic N) is 2. The molecule has 0 aromatic carbocycles. The molecule has 1 aliphatic rings. The third-order valence-corrected chi connectivity index (χ3v) is 2.59. The van der Waals surface area contributed by atoms with Gasteiger partial charge in [-0.05, 0) is 19.8 Å². The Labute approximate surface area is 83.9 Å². The van der Waals surface area contributed by atoms with Crippen LogP contribution < -0.4 is 5.32 Å². The van der Waals surface area contributed by atoms with E-state index < -0.39 is 6.10 Å². The van der Waals surface area contributed by atoms with Crippen LogP contribution in [0.4, 0.5) is 0 Å². The molecule has 4 heteroatoms. The quantitative estimate of drug-likeness (QED) is 0.736. The van der Waals surface area contributed by atoms with Crippen LogP contribution in [0.1, 0.15) is 30.2 Å². The number of aliphatic hydroxyl groups excluding tert-OH is 1. The van der Waals surface area contributed by atoms with Crippen LogP contribution >= 0.6 is 0 Å². The first-order valence-electron chi connectivity index (χ1n) is 5.08. The van der Waals surface area contributed by atoms with Crippen LogP contribution in [-0.4, -0.2) is 27.5 Å². The standard InChI is InChI=1S/C10H17N3O/c1-7-9(6-13(2)12-7)10(14)5-11-8-3-4-8/h6,8,10-11,14H,3-5H2,1-2H3. The Morgan fingerprint density at radius 2 is 2.43 bits per heavy atom. The maximum absolute atomic E-state index is 9.88. The minimum absolute atomic E-state index is 0.427. The van der Waals surface area contributed by atoms with Crippen LogP contribution in [0, 0.1) is 6.92 Å². The molecule has 0 spiro atoms. The highest BCUT2D eigenvalue weighted by Crippen LogP contribution is 2.21. The second-order valence-corrected chi connectivity index (χ2v) is 4.04. The first-order chi connectivity index (χ1) is 6.66. The molecule has 4 nitrogen and oxygen atoms in total. The summed E-state index contributed by atoms with van der Waals surface area (Å²) >= 11 is 0. The van der Waals surface area contributed by atoms with Gasteiger partial charge in [0, 0.05) is 31.4 Å². The minimum Gasteiger partial charge on any atom is -0.387 e. The fourth-order valence-corrected chi connectivity index (χ4v) is 1.62. The topological polar surface area (TPSA) is 50.1 Å². The van der Waals surface area contributed by atoms with Crippen LogP contribution in [0.2, 0.25) is 0 Å². The smallest absolute Gasteiger partial charge is 0.0947 e. The van der Waals surface area contributed by atoms with Crippen LogP contribution in [-0.2, 0) is 7.05 Å². The van der Waals surface area contributed by atoms with Gasteiger partial charge in [-0.3, -0.25) is 4.68 Å². The van der Waals surface area contributed by atoms with E-state index >= 15 is 0 Å². The molecule has 14 heavy (non-hydrogen) atoms. The molecule has 2 rings (SSSR count). The summed E-state index contributed by atoms with van der Waals surface area (Å²) in [4.78, 5) is 0. The van der Waals surface area contributed by atoms with E-state index in [1.807, 2.05) is 20.2 Å². The third kappa shape index (κ3) is 2.13. The van der Waals surface area contributed by atoms with Gasteiger partial charge in [-0.1, -0.05) is 0 Å². The monoisotopic (exact) mass is 195 g/mol. The predicted molar refractivity (Wildman–Crippen MR) is 53.9 cm³/mol. The van der Waals surface area contributed by atoms with Gasteiger partial charge in [0.05, 0.1) is 11.8 Å². The van der Waals surface area contributed by atoms with Crippen molar-refractivity contribution < 1.29 is 5.11 Å². The van der Waals surface area contributed by atoms with Gasteiger partial charge in [0.1, 0.15) is 0 Å². The van der Waals surface area contributed by atoms with E-state index in [9.17, 15) is 5.11 Å². The zero-order chi connectivity index (χ0) is 10.1. The zero-order valence-corrected chi connectivity index (χ0v) is 8.70. The zero-order valence-electron chi connectivity index (χ0n) is 8.70. The molecule has 0 aliphatic heterocycles. The van der Waals surface area contributed by atoms with Gasteiger partial charge in [0.25, 0.3) is 0 Å². The van der Waals surface area contributed by atoms with Crippen molar-refractivity contribution in [2.24, 2.45) is 7.05 Å². The number of nitrogens with one attached hydrogen (secondary N) is 1. The molecular weight excluding hydrogens is 178 g/mol. The average Bonchev–Trinajstić information content (AvgIpc) is 2.88. The Morgan fingerprint density at radius 1 is 1.71 bits per heavy atom. The first-order valence-corrected chi connectivity index (χ1v) is 5.08. The summed E-state index contributed by atoms with van der Waals surface area (Å²) in [6.45, 7) is 2.56. The van der Waals surface area contributed by atoms with Crippen molar-refractivity contribution in [2.45, 2.75) is 31.9 Å². The fraction of sp³-hybridized carbons (Fsp3) is 0.700. The van der Waals surface area contributed by atoms with Crippen LogP contribution in [0.5, 0.6) is 0 Å². The van der Waals surface area contributed by atoms with Crippen molar-refractivity contribution in [1.82, 2.24) is 15.1 Å². The summed E-state index contributed by atoms with van der Waals surface area (Å²) in [5.41, 5.74) is 1.85. The Hall–Kier alpha value is -0.870. The van der Waals surface area contributed by atoms with Crippen molar-refractivity contribution in [1.29, 1.82) is 0 Å². The predicted octanol–water partition coefficient (Wildman–Crippen LogP) is 0.514. The van der Waals surface area contributed by atoms with Crippen LogP contribution in [0.3, 0.4) is 0 Å². The number of aryl methyl sites for hydroxylation is 2. The summed E-state index contributed by atoms with van der Waals surface area (Å²) in [6.07, 6.45) is 3.95. The second-order valence-electron chi connectivity index (χ2n) is 4.04. The Morgan fingerprint density at radius 3 is 2.93 bits per heavy atom. The first kappa shape index (κ1) is 9.68. The molecule has 1 aliphatic carbocycles.